The number of anilines is 1. The van der Waals surface area contributed by atoms with Crippen LogP contribution in [0.25, 0.3) is 0 Å². The van der Waals surface area contributed by atoms with Gasteiger partial charge in [-0.05, 0) is 11.5 Å². The zero-order chi connectivity index (χ0) is 10.0. The van der Waals surface area contributed by atoms with Crippen LogP contribution in [-0.2, 0) is 0 Å². The number of hydrogen-bond acceptors (Lipinski definition) is 5. The van der Waals surface area contributed by atoms with Gasteiger partial charge in [0.25, 0.3) is 5.69 Å². The van der Waals surface area contributed by atoms with E-state index in [0.29, 0.717) is 0 Å². The Bertz CT molecular complexity index is 341. The summed E-state index contributed by atoms with van der Waals surface area (Å²) in [6.45, 7) is 0. The second-order valence-corrected chi connectivity index (χ2v) is 2.45. The van der Waals surface area contributed by atoms with Crippen molar-refractivity contribution in [2.45, 2.75) is 0 Å². The molecule has 0 aliphatic carbocycles. The second kappa shape index (κ2) is 3.42. The molecule has 0 saturated carbocycles. The summed E-state index contributed by atoms with van der Waals surface area (Å²) in [5.74, 6) is 0. The number of nitrogen functional groups attached to an aromatic ring is 1. The largest absolute Gasteiger partial charge is 0.488 e. The van der Waals surface area contributed by atoms with E-state index in [1.54, 1.807) is 0 Å². The molecule has 1 aromatic rings. The molecule has 1 aromatic carbocycles. The second-order valence-electron chi connectivity index (χ2n) is 2.45. The molecule has 0 amide bonds. The molecule has 0 fully saturated rings. The van der Waals surface area contributed by atoms with Crippen LogP contribution in [0.4, 0.5) is 11.4 Å². The summed E-state index contributed by atoms with van der Waals surface area (Å²) in [4.78, 5) is 9.67. The average Bonchev–Trinajstić information content (AvgIpc) is 2.03. The molecule has 1 rings (SSSR count). The van der Waals surface area contributed by atoms with Gasteiger partial charge in [-0.15, -0.1) is 0 Å². The van der Waals surface area contributed by atoms with Crippen molar-refractivity contribution in [1.82, 2.24) is 0 Å². The van der Waals surface area contributed by atoms with Crippen molar-refractivity contribution < 1.29 is 15.0 Å². The van der Waals surface area contributed by atoms with Gasteiger partial charge in [-0.1, -0.05) is 6.07 Å². The first-order chi connectivity index (χ1) is 6.02. The SMILES string of the molecule is Nc1cc(B(O)O)ccc1[N+](=O)[O-]. The minimum Gasteiger partial charge on any atom is -0.423 e. The summed E-state index contributed by atoms with van der Waals surface area (Å²) in [5.41, 5.74) is 5.09. The molecule has 13 heavy (non-hydrogen) atoms. The van der Waals surface area contributed by atoms with Crippen LogP contribution >= 0.6 is 0 Å². The number of nitrogens with zero attached hydrogens (tertiary/aromatic N) is 1. The van der Waals surface area contributed by atoms with Gasteiger partial charge in [-0.25, -0.2) is 0 Å². The molecule has 4 N–H and O–H groups in total. The van der Waals surface area contributed by atoms with E-state index in [1.807, 2.05) is 0 Å². The first-order valence-corrected chi connectivity index (χ1v) is 3.42. The third-order valence-electron chi connectivity index (χ3n) is 1.55. The molecular formula is C6H7BN2O4. The minimum absolute atomic E-state index is 0.0874. The van der Waals surface area contributed by atoms with Gasteiger partial charge >= 0.3 is 7.12 Å². The molecule has 0 atom stereocenters. The van der Waals surface area contributed by atoms with Gasteiger partial charge in [0, 0.05) is 6.07 Å². The fourth-order valence-corrected chi connectivity index (χ4v) is 0.900. The Morgan fingerprint density at radius 2 is 2.08 bits per heavy atom. The van der Waals surface area contributed by atoms with Crippen LogP contribution in [0.3, 0.4) is 0 Å². The standard InChI is InChI=1S/C6H7BN2O4/c8-5-3-4(7(10)11)1-2-6(5)9(12)13/h1-3,10-11H,8H2. The fraction of sp³-hybridized carbons (Fsp3) is 0. The Morgan fingerprint density at radius 1 is 1.46 bits per heavy atom. The number of nitro benzene ring substituents is 1. The van der Waals surface area contributed by atoms with E-state index in [-0.39, 0.29) is 16.8 Å². The highest BCUT2D eigenvalue weighted by Gasteiger charge is 2.16. The van der Waals surface area contributed by atoms with Crippen LogP contribution < -0.4 is 11.2 Å². The van der Waals surface area contributed by atoms with Gasteiger partial charge in [0.15, 0.2) is 0 Å². The number of benzene rings is 1. The highest BCUT2D eigenvalue weighted by molar-refractivity contribution is 6.58. The van der Waals surface area contributed by atoms with Gasteiger partial charge in [0.1, 0.15) is 5.69 Å². The van der Waals surface area contributed by atoms with Crippen molar-refractivity contribution in [2.75, 3.05) is 5.73 Å². The molecular weight excluding hydrogens is 175 g/mol. The van der Waals surface area contributed by atoms with Gasteiger partial charge in [0.05, 0.1) is 4.92 Å². The summed E-state index contributed by atoms with van der Waals surface area (Å²) in [6.07, 6.45) is 0. The summed E-state index contributed by atoms with van der Waals surface area (Å²) in [6, 6.07) is 3.52. The van der Waals surface area contributed by atoms with Gasteiger partial charge in [-0.2, -0.15) is 0 Å². The third-order valence-corrected chi connectivity index (χ3v) is 1.55. The Labute approximate surface area is 73.9 Å². The van der Waals surface area contributed by atoms with Crippen LogP contribution in [0.5, 0.6) is 0 Å². The van der Waals surface area contributed by atoms with E-state index in [1.165, 1.54) is 6.07 Å². The Morgan fingerprint density at radius 3 is 2.46 bits per heavy atom. The number of rotatable bonds is 2. The monoisotopic (exact) mass is 182 g/mol. The fourth-order valence-electron chi connectivity index (χ4n) is 0.900. The van der Waals surface area contributed by atoms with E-state index >= 15 is 0 Å². The zero-order valence-corrected chi connectivity index (χ0v) is 6.54. The van der Waals surface area contributed by atoms with Crippen molar-refractivity contribution in [3.05, 3.63) is 28.3 Å². The van der Waals surface area contributed by atoms with E-state index in [9.17, 15) is 10.1 Å². The first-order valence-electron chi connectivity index (χ1n) is 3.42. The molecule has 0 spiro atoms. The third kappa shape index (κ3) is 1.95. The Kier molecular flexibility index (Phi) is 2.50. The molecule has 0 unspecified atom stereocenters. The van der Waals surface area contributed by atoms with Crippen molar-refractivity contribution in [3.8, 4) is 0 Å². The maximum atomic E-state index is 10.3. The van der Waals surface area contributed by atoms with E-state index in [4.69, 9.17) is 15.8 Å². The number of nitro groups is 1. The van der Waals surface area contributed by atoms with Crippen LogP contribution in [0, 0.1) is 10.1 Å². The summed E-state index contributed by atoms with van der Waals surface area (Å²) >= 11 is 0. The highest BCUT2D eigenvalue weighted by Crippen LogP contribution is 2.18. The molecule has 6 nitrogen and oxygen atoms in total. The Hall–Kier alpha value is -1.60. The average molecular weight is 182 g/mol. The molecule has 0 aliphatic rings. The molecule has 0 heterocycles. The lowest BCUT2D eigenvalue weighted by atomic mass is 9.80. The highest BCUT2D eigenvalue weighted by atomic mass is 16.6. The van der Waals surface area contributed by atoms with Crippen molar-refractivity contribution in [3.63, 3.8) is 0 Å². The molecule has 0 aliphatic heterocycles. The van der Waals surface area contributed by atoms with E-state index in [0.717, 1.165) is 12.1 Å². The van der Waals surface area contributed by atoms with Crippen molar-refractivity contribution in [1.29, 1.82) is 0 Å². The quantitative estimate of drug-likeness (QED) is 0.231. The summed E-state index contributed by atoms with van der Waals surface area (Å²) in [7, 11) is -1.66. The lowest BCUT2D eigenvalue weighted by Crippen LogP contribution is -2.29. The topological polar surface area (TPSA) is 110 Å². The van der Waals surface area contributed by atoms with E-state index in [2.05, 4.69) is 0 Å². The van der Waals surface area contributed by atoms with Crippen molar-refractivity contribution in [2.24, 2.45) is 0 Å². The van der Waals surface area contributed by atoms with Gasteiger partial charge < -0.3 is 15.8 Å². The lowest BCUT2D eigenvalue weighted by Gasteiger charge is -2.00. The number of nitrogens with two attached hydrogens (primary N) is 1. The molecule has 0 saturated heterocycles. The smallest absolute Gasteiger partial charge is 0.423 e. The summed E-state index contributed by atoms with van der Waals surface area (Å²) in [5, 5.41) is 27.7. The molecule has 0 bridgehead atoms. The van der Waals surface area contributed by atoms with Crippen LogP contribution in [0.1, 0.15) is 0 Å². The minimum atomic E-state index is -1.66. The maximum absolute atomic E-state index is 10.3. The van der Waals surface area contributed by atoms with Crippen molar-refractivity contribution >= 4 is 24.0 Å². The predicted molar refractivity (Wildman–Crippen MR) is 47.3 cm³/mol. The summed E-state index contributed by atoms with van der Waals surface area (Å²) < 4.78 is 0. The first kappa shape index (κ1) is 9.49. The number of hydrogen-bond donors (Lipinski definition) is 3. The normalized spacial score (nSPS) is 9.69. The van der Waals surface area contributed by atoms with Gasteiger partial charge in [-0.3, -0.25) is 10.1 Å². The molecule has 0 aromatic heterocycles. The van der Waals surface area contributed by atoms with Crippen LogP contribution in [0.15, 0.2) is 18.2 Å². The molecule has 68 valence electrons. The van der Waals surface area contributed by atoms with Crippen LogP contribution in [-0.4, -0.2) is 22.1 Å². The predicted octanol–water partition coefficient (Wildman–Crippen LogP) is -1.14. The Balaban J connectivity index is 3.13. The molecule has 7 heteroatoms. The van der Waals surface area contributed by atoms with Crippen LogP contribution in [0.2, 0.25) is 0 Å². The maximum Gasteiger partial charge on any atom is 0.488 e. The zero-order valence-electron chi connectivity index (χ0n) is 6.54. The molecule has 0 radical (unpaired) electrons. The van der Waals surface area contributed by atoms with E-state index < -0.39 is 12.0 Å². The lowest BCUT2D eigenvalue weighted by molar-refractivity contribution is -0.383. The van der Waals surface area contributed by atoms with Gasteiger partial charge in [0.2, 0.25) is 0 Å².